The first kappa shape index (κ1) is 18.9. The van der Waals surface area contributed by atoms with Crippen molar-refractivity contribution in [3.05, 3.63) is 23.6 Å². The molecule has 25 heavy (non-hydrogen) atoms. The van der Waals surface area contributed by atoms with Gasteiger partial charge in [0.15, 0.2) is 5.13 Å². The third-order valence-electron chi connectivity index (χ3n) is 3.22. The minimum atomic E-state index is -0.191. The van der Waals surface area contributed by atoms with Gasteiger partial charge in [0, 0.05) is 43.6 Å². The molecule has 0 spiro atoms. The number of hydrogen-bond donors (Lipinski definition) is 3. The van der Waals surface area contributed by atoms with Gasteiger partial charge in [-0.05, 0) is 25.1 Å². The zero-order valence-electron chi connectivity index (χ0n) is 14.7. The van der Waals surface area contributed by atoms with Crippen LogP contribution in [0.2, 0.25) is 0 Å². The molecule has 7 nitrogen and oxygen atoms in total. The summed E-state index contributed by atoms with van der Waals surface area (Å²) in [6.07, 6.45) is 0. The summed E-state index contributed by atoms with van der Waals surface area (Å²) in [5.74, 6) is -0.364. The molecule has 0 aliphatic carbocycles. The number of amides is 2. The Bertz CT molecular complexity index is 760. The van der Waals surface area contributed by atoms with Gasteiger partial charge in [0.25, 0.3) is 0 Å². The molecule has 1 heterocycles. The van der Waals surface area contributed by atoms with Crippen LogP contribution in [0.5, 0.6) is 0 Å². The van der Waals surface area contributed by atoms with E-state index in [2.05, 4.69) is 20.9 Å². The van der Waals surface area contributed by atoms with Gasteiger partial charge in [-0.1, -0.05) is 0 Å². The molecular weight excluding hydrogens is 340 g/mol. The lowest BCUT2D eigenvalue weighted by Gasteiger charge is -2.12. The minimum absolute atomic E-state index is 0.140. The highest BCUT2D eigenvalue weighted by atomic mass is 32.1. The molecule has 0 radical (unpaired) electrons. The molecule has 0 saturated heterocycles. The van der Waals surface area contributed by atoms with Crippen LogP contribution >= 0.6 is 11.3 Å². The smallest absolute Gasteiger partial charge is 0.221 e. The Morgan fingerprint density at radius 2 is 1.96 bits per heavy atom. The van der Waals surface area contributed by atoms with Gasteiger partial charge in [-0.2, -0.15) is 0 Å². The third-order valence-corrected chi connectivity index (χ3v) is 3.99. The maximum absolute atomic E-state index is 11.5. The zero-order chi connectivity index (χ0) is 18.4. The number of methoxy groups -OCH3 is 1. The number of anilines is 3. The molecule has 2 rings (SSSR count). The predicted octanol–water partition coefficient (Wildman–Crippen LogP) is 3.17. The zero-order valence-corrected chi connectivity index (χ0v) is 15.5. The molecule has 134 valence electrons. The van der Waals surface area contributed by atoms with Crippen LogP contribution < -0.4 is 16.0 Å². The lowest BCUT2D eigenvalue weighted by atomic mass is 10.1. The van der Waals surface area contributed by atoms with Crippen LogP contribution in [0.4, 0.5) is 16.5 Å². The Morgan fingerprint density at radius 3 is 2.60 bits per heavy atom. The molecule has 1 atom stereocenters. The largest absolute Gasteiger partial charge is 0.383 e. The second-order valence-electron chi connectivity index (χ2n) is 5.66. The molecule has 8 heteroatoms. The highest BCUT2D eigenvalue weighted by Crippen LogP contribution is 2.33. The number of thiazole rings is 1. The molecule has 0 unspecified atom stereocenters. The van der Waals surface area contributed by atoms with Gasteiger partial charge in [0.05, 0.1) is 18.0 Å². The van der Waals surface area contributed by atoms with Gasteiger partial charge in [0.1, 0.15) is 0 Å². The lowest BCUT2D eigenvalue weighted by molar-refractivity contribution is -0.115. The Balaban J connectivity index is 2.29. The molecule has 2 amide bonds. The molecule has 1 aromatic carbocycles. The first-order valence-corrected chi connectivity index (χ1v) is 8.67. The number of hydrogen-bond acceptors (Lipinski definition) is 6. The van der Waals surface area contributed by atoms with E-state index < -0.39 is 0 Å². The standard InChI is InChI=1S/C17H22N4O3S/c1-10(8-24-4)18-17-21-16(9-25-17)14-6-5-13(19-11(2)22)7-15(14)20-12(3)23/h5-7,9-10H,8H2,1-4H3,(H,18,21)(H,19,22)(H,20,23)/t10-/m1/s1. The quantitative estimate of drug-likeness (QED) is 0.703. The highest BCUT2D eigenvalue weighted by molar-refractivity contribution is 7.14. The van der Waals surface area contributed by atoms with Crippen LogP contribution in [0.15, 0.2) is 23.6 Å². The van der Waals surface area contributed by atoms with Crippen molar-refractivity contribution in [2.24, 2.45) is 0 Å². The van der Waals surface area contributed by atoms with Crippen LogP contribution in [0.1, 0.15) is 20.8 Å². The van der Waals surface area contributed by atoms with E-state index in [-0.39, 0.29) is 17.9 Å². The molecule has 0 fully saturated rings. The molecule has 0 saturated carbocycles. The van der Waals surface area contributed by atoms with E-state index in [1.807, 2.05) is 18.4 Å². The summed E-state index contributed by atoms with van der Waals surface area (Å²) < 4.78 is 5.11. The summed E-state index contributed by atoms with van der Waals surface area (Å²) in [7, 11) is 1.65. The van der Waals surface area contributed by atoms with Crippen molar-refractivity contribution >= 4 is 39.7 Å². The van der Waals surface area contributed by atoms with Crippen molar-refractivity contribution in [2.45, 2.75) is 26.8 Å². The molecular formula is C17H22N4O3S. The summed E-state index contributed by atoms with van der Waals surface area (Å²) in [5, 5.41) is 11.5. The first-order valence-electron chi connectivity index (χ1n) is 7.79. The molecule has 0 aliphatic heterocycles. The van der Waals surface area contributed by atoms with Gasteiger partial charge in [0.2, 0.25) is 11.8 Å². The van der Waals surface area contributed by atoms with Gasteiger partial charge in [-0.25, -0.2) is 4.98 Å². The van der Waals surface area contributed by atoms with E-state index in [1.165, 1.54) is 25.2 Å². The van der Waals surface area contributed by atoms with Crippen molar-refractivity contribution in [3.8, 4) is 11.3 Å². The molecule has 0 bridgehead atoms. The number of nitrogens with one attached hydrogen (secondary N) is 3. The number of rotatable bonds is 7. The molecule has 3 N–H and O–H groups in total. The van der Waals surface area contributed by atoms with Gasteiger partial charge >= 0.3 is 0 Å². The number of ether oxygens (including phenoxy) is 1. The highest BCUT2D eigenvalue weighted by Gasteiger charge is 2.13. The van der Waals surface area contributed by atoms with Crippen molar-refractivity contribution in [2.75, 3.05) is 29.7 Å². The Hall–Kier alpha value is -2.45. The number of nitrogens with zero attached hydrogens (tertiary/aromatic N) is 1. The second kappa shape index (κ2) is 8.59. The molecule has 2 aromatic rings. The van der Waals surface area contributed by atoms with Gasteiger partial charge in [-0.3, -0.25) is 9.59 Å². The van der Waals surface area contributed by atoms with Gasteiger partial charge in [-0.15, -0.1) is 11.3 Å². The van der Waals surface area contributed by atoms with E-state index in [0.29, 0.717) is 18.0 Å². The topological polar surface area (TPSA) is 92.3 Å². The summed E-state index contributed by atoms with van der Waals surface area (Å²) in [5.41, 5.74) is 2.74. The van der Waals surface area contributed by atoms with Crippen LogP contribution in [0, 0.1) is 0 Å². The summed E-state index contributed by atoms with van der Waals surface area (Å²) >= 11 is 1.48. The van der Waals surface area contributed by atoms with E-state index in [0.717, 1.165) is 16.4 Å². The van der Waals surface area contributed by atoms with E-state index in [1.54, 1.807) is 19.2 Å². The minimum Gasteiger partial charge on any atom is -0.383 e. The van der Waals surface area contributed by atoms with Crippen LogP contribution in [0.25, 0.3) is 11.3 Å². The Morgan fingerprint density at radius 1 is 1.24 bits per heavy atom. The van der Waals surface area contributed by atoms with E-state index in [4.69, 9.17) is 4.74 Å². The number of carbonyl (C=O) groups is 2. The number of aromatic nitrogens is 1. The maximum Gasteiger partial charge on any atom is 0.221 e. The Labute approximate surface area is 150 Å². The predicted molar refractivity (Wildman–Crippen MR) is 101 cm³/mol. The normalized spacial score (nSPS) is 11.7. The fourth-order valence-corrected chi connectivity index (χ4v) is 3.13. The van der Waals surface area contributed by atoms with Crippen LogP contribution in [0.3, 0.4) is 0 Å². The number of benzene rings is 1. The first-order chi connectivity index (χ1) is 11.9. The summed E-state index contributed by atoms with van der Waals surface area (Å²) in [6, 6.07) is 5.47. The molecule has 0 aliphatic rings. The van der Waals surface area contributed by atoms with Crippen molar-refractivity contribution in [3.63, 3.8) is 0 Å². The average Bonchev–Trinajstić information content (AvgIpc) is 2.94. The fourth-order valence-electron chi connectivity index (χ4n) is 2.31. The third kappa shape index (κ3) is 5.54. The second-order valence-corrected chi connectivity index (χ2v) is 6.52. The van der Waals surface area contributed by atoms with Crippen molar-refractivity contribution in [1.29, 1.82) is 0 Å². The van der Waals surface area contributed by atoms with Crippen LogP contribution in [-0.2, 0) is 14.3 Å². The maximum atomic E-state index is 11.5. The average molecular weight is 362 g/mol. The summed E-state index contributed by atoms with van der Waals surface area (Å²) in [4.78, 5) is 27.3. The summed E-state index contributed by atoms with van der Waals surface area (Å²) in [6.45, 7) is 5.47. The van der Waals surface area contributed by atoms with E-state index >= 15 is 0 Å². The van der Waals surface area contributed by atoms with Crippen LogP contribution in [-0.4, -0.2) is 36.6 Å². The van der Waals surface area contributed by atoms with E-state index in [9.17, 15) is 9.59 Å². The van der Waals surface area contributed by atoms with Gasteiger partial charge < -0.3 is 20.7 Å². The van der Waals surface area contributed by atoms with Crippen molar-refractivity contribution in [1.82, 2.24) is 4.98 Å². The molecule has 1 aromatic heterocycles. The van der Waals surface area contributed by atoms with Crippen molar-refractivity contribution < 1.29 is 14.3 Å². The Kier molecular flexibility index (Phi) is 6.49. The monoisotopic (exact) mass is 362 g/mol. The fraction of sp³-hybridized carbons (Fsp3) is 0.353. The SMILES string of the molecule is COC[C@@H](C)Nc1nc(-c2ccc(NC(C)=O)cc2NC(C)=O)cs1. The number of carbonyl (C=O) groups excluding carboxylic acids is 2. The lowest BCUT2D eigenvalue weighted by Crippen LogP contribution is -2.20.